The van der Waals surface area contributed by atoms with Crippen molar-refractivity contribution >= 4 is 17.2 Å². The predicted molar refractivity (Wildman–Crippen MR) is 75.6 cm³/mol. The van der Waals surface area contributed by atoms with Gasteiger partial charge in [0.2, 0.25) is 5.91 Å². The largest absolute Gasteiger partial charge is 0.335 e. The van der Waals surface area contributed by atoms with Crippen LogP contribution >= 0.6 is 11.3 Å². The van der Waals surface area contributed by atoms with Crippen LogP contribution in [0.5, 0.6) is 0 Å². The molecular weight excluding hydrogens is 244 g/mol. The van der Waals surface area contributed by atoms with Crippen molar-refractivity contribution in [1.82, 2.24) is 4.90 Å². The normalized spacial score (nSPS) is 22.4. The maximum absolute atomic E-state index is 12.5. The standard InChI is InChI=1S/C14H22N2OS/c1-4-12-11-6-8-18-13(11)5-7-16(12)14(17)9(2)10(3)15/h6,8-10,12H,4-5,7,15H2,1-3H3. The van der Waals surface area contributed by atoms with Crippen molar-refractivity contribution in [3.05, 3.63) is 21.9 Å². The molecule has 0 radical (unpaired) electrons. The van der Waals surface area contributed by atoms with Crippen LogP contribution < -0.4 is 5.73 Å². The summed E-state index contributed by atoms with van der Waals surface area (Å²) in [6.07, 6.45) is 1.96. The number of thiophene rings is 1. The van der Waals surface area contributed by atoms with Crippen LogP contribution in [-0.2, 0) is 11.2 Å². The summed E-state index contributed by atoms with van der Waals surface area (Å²) in [6.45, 7) is 6.82. The molecule has 100 valence electrons. The second-order valence-electron chi connectivity index (χ2n) is 5.15. The topological polar surface area (TPSA) is 46.3 Å². The van der Waals surface area contributed by atoms with Gasteiger partial charge in [0, 0.05) is 17.5 Å². The van der Waals surface area contributed by atoms with Gasteiger partial charge in [-0.25, -0.2) is 0 Å². The molecule has 3 atom stereocenters. The average Bonchev–Trinajstić information content (AvgIpc) is 2.83. The molecule has 1 aromatic heterocycles. The van der Waals surface area contributed by atoms with Gasteiger partial charge in [0.1, 0.15) is 0 Å². The Morgan fingerprint density at radius 3 is 2.94 bits per heavy atom. The Hall–Kier alpha value is -0.870. The smallest absolute Gasteiger partial charge is 0.227 e. The lowest BCUT2D eigenvalue weighted by atomic mass is 9.94. The molecule has 2 N–H and O–H groups in total. The van der Waals surface area contributed by atoms with Crippen molar-refractivity contribution in [1.29, 1.82) is 0 Å². The molecule has 18 heavy (non-hydrogen) atoms. The first kappa shape index (κ1) is 13.6. The van der Waals surface area contributed by atoms with E-state index < -0.39 is 0 Å². The summed E-state index contributed by atoms with van der Waals surface area (Å²) >= 11 is 1.81. The van der Waals surface area contributed by atoms with Gasteiger partial charge in [-0.15, -0.1) is 11.3 Å². The summed E-state index contributed by atoms with van der Waals surface area (Å²) in [6, 6.07) is 2.33. The van der Waals surface area contributed by atoms with Gasteiger partial charge in [-0.1, -0.05) is 13.8 Å². The third-order valence-corrected chi connectivity index (χ3v) is 4.94. The monoisotopic (exact) mass is 266 g/mol. The van der Waals surface area contributed by atoms with Gasteiger partial charge < -0.3 is 10.6 Å². The second-order valence-corrected chi connectivity index (χ2v) is 6.15. The van der Waals surface area contributed by atoms with Crippen molar-refractivity contribution in [3.63, 3.8) is 0 Å². The van der Waals surface area contributed by atoms with Crippen LogP contribution in [0.4, 0.5) is 0 Å². The third-order valence-electron chi connectivity index (χ3n) is 3.94. The lowest BCUT2D eigenvalue weighted by Crippen LogP contribution is -2.45. The quantitative estimate of drug-likeness (QED) is 0.914. The van der Waals surface area contributed by atoms with Gasteiger partial charge in [0.05, 0.1) is 12.0 Å². The van der Waals surface area contributed by atoms with Gasteiger partial charge in [0.15, 0.2) is 0 Å². The summed E-state index contributed by atoms with van der Waals surface area (Å²) in [7, 11) is 0. The summed E-state index contributed by atoms with van der Waals surface area (Å²) in [5.41, 5.74) is 7.21. The van der Waals surface area contributed by atoms with Gasteiger partial charge in [-0.2, -0.15) is 0 Å². The van der Waals surface area contributed by atoms with E-state index in [1.807, 2.05) is 30.1 Å². The number of fused-ring (bicyclic) bond motifs is 1. The van der Waals surface area contributed by atoms with Crippen LogP contribution in [0.15, 0.2) is 11.4 Å². The fourth-order valence-electron chi connectivity index (χ4n) is 2.59. The van der Waals surface area contributed by atoms with Crippen LogP contribution in [-0.4, -0.2) is 23.4 Å². The Bertz CT molecular complexity index is 427. The highest BCUT2D eigenvalue weighted by Gasteiger charge is 2.33. The number of nitrogens with zero attached hydrogens (tertiary/aromatic N) is 1. The Labute approximate surface area is 113 Å². The van der Waals surface area contributed by atoms with E-state index in [1.165, 1.54) is 10.4 Å². The highest BCUT2D eigenvalue weighted by Crippen LogP contribution is 2.36. The molecule has 1 aliphatic heterocycles. The minimum Gasteiger partial charge on any atom is -0.335 e. The van der Waals surface area contributed by atoms with Crippen molar-refractivity contribution in [2.24, 2.45) is 11.7 Å². The Morgan fingerprint density at radius 1 is 1.61 bits per heavy atom. The molecule has 0 spiro atoms. The maximum atomic E-state index is 12.5. The molecule has 0 saturated carbocycles. The summed E-state index contributed by atoms with van der Waals surface area (Å²) in [4.78, 5) is 16.0. The zero-order chi connectivity index (χ0) is 13.3. The van der Waals surface area contributed by atoms with E-state index in [0.29, 0.717) is 0 Å². The van der Waals surface area contributed by atoms with Crippen LogP contribution in [0.1, 0.15) is 43.7 Å². The summed E-state index contributed by atoms with van der Waals surface area (Å²) in [5.74, 6) is 0.105. The van der Waals surface area contributed by atoms with E-state index in [4.69, 9.17) is 5.73 Å². The first-order valence-corrected chi connectivity index (χ1v) is 7.56. The Balaban J connectivity index is 2.22. The fraction of sp³-hybridized carbons (Fsp3) is 0.643. The number of amides is 1. The summed E-state index contributed by atoms with van der Waals surface area (Å²) < 4.78 is 0. The molecule has 1 amide bonds. The number of carbonyl (C=O) groups excluding carboxylic acids is 1. The molecule has 1 aliphatic rings. The van der Waals surface area contributed by atoms with Crippen LogP contribution in [0.2, 0.25) is 0 Å². The molecule has 2 rings (SSSR count). The lowest BCUT2D eigenvalue weighted by Gasteiger charge is -2.37. The molecule has 3 unspecified atom stereocenters. The highest BCUT2D eigenvalue weighted by molar-refractivity contribution is 7.10. The van der Waals surface area contributed by atoms with Crippen LogP contribution in [0, 0.1) is 5.92 Å². The van der Waals surface area contributed by atoms with Gasteiger partial charge in [0.25, 0.3) is 0 Å². The maximum Gasteiger partial charge on any atom is 0.227 e. The number of carbonyl (C=O) groups is 1. The van der Waals surface area contributed by atoms with E-state index in [9.17, 15) is 4.79 Å². The zero-order valence-electron chi connectivity index (χ0n) is 11.3. The van der Waals surface area contributed by atoms with Crippen molar-refractivity contribution < 1.29 is 4.79 Å². The lowest BCUT2D eigenvalue weighted by molar-refractivity contribution is -0.138. The molecular formula is C14H22N2OS. The molecule has 4 heteroatoms. The van der Waals surface area contributed by atoms with E-state index in [2.05, 4.69) is 18.4 Å². The first-order valence-electron chi connectivity index (χ1n) is 6.68. The van der Waals surface area contributed by atoms with Crippen molar-refractivity contribution in [2.45, 2.75) is 45.7 Å². The predicted octanol–water partition coefficient (Wildman–Crippen LogP) is 2.57. The fourth-order valence-corrected chi connectivity index (χ4v) is 3.52. The van der Waals surface area contributed by atoms with Gasteiger partial charge in [-0.05, 0) is 36.8 Å². The first-order chi connectivity index (χ1) is 8.56. The van der Waals surface area contributed by atoms with Gasteiger partial charge >= 0.3 is 0 Å². The van der Waals surface area contributed by atoms with E-state index in [1.54, 1.807) is 0 Å². The molecule has 0 saturated heterocycles. The zero-order valence-corrected chi connectivity index (χ0v) is 12.2. The molecule has 3 nitrogen and oxygen atoms in total. The number of rotatable bonds is 3. The summed E-state index contributed by atoms with van der Waals surface area (Å²) in [5, 5.41) is 2.14. The van der Waals surface area contributed by atoms with Crippen molar-refractivity contribution in [2.75, 3.05) is 6.54 Å². The Kier molecular flexibility index (Phi) is 4.07. The van der Waals surface area contributed by atoms with Crippen LogP contribution in [0.3, 0.4) is 0 Å². The van der Waals surface area contributed by atoms with Crippen LogP contribution in [0.25, 0.3) is 0 Å². The number of hydrogen-bond acceptors (Lipinski definition) is 3. The molecule has 0 aromatic carbocycles. The third kappa shape index (κ3) is 2.31. The van der Waals surface area contributed by atoms with Gasteiger partial charge in [-0.3, -0.25) is 4.79 Å². The molecule has 0 bridgehead atoms. The molecule has 0 aliphatic carbocycles. The van der Waals surface area contributed by atoms with E-state index in [0.717, 1.165) is 19.4 Å². The van der Waals surface area contributed by atoms with Crippen molar-refractivity contribution in [3.8, 4) is 0 Å². The Morgan fingerprint density at radius 2 is 2.33 bits per heavy atom. The van der Waals surface area contributed by atoms with E-state index >= 15 is 0 Å². The minimum atomic E-state index is -0.0979. The highest BCUT2D eigenvalue weighted by atomic mass is 32.1. The second kappa shape index (κ2) is 5.41. The number of hydrogen-bond donors (Lipinski definition) is 1. The van der Waals surface area contributed by atoms with E-state index in [-0.39, 0.29) is 23.9 Å². The SMILES string of the molecule is CCC1c2ccsc2CCN1C(=O)C(C)C(C)N. The molecule has 0 fully saturated rings. The number of nitrogens with two attached hydrogens (primary N) is 1. The molecule has 2 heterocycles. The average molecular weight is 266 g/mol. The molecule has 1 aromatic rings. The minimum absolute atomic E-state index is 0.0844.